The fourth-order valence-electron chi connectivity index (χ4n) is 3.62. The molecule has 4 rings (SSSR count). The van der Waals surface area contributed by atoms with Crippen molar-refractivity contribution < 1.29 is 9.15 Å². The summed E-state index contributed by atoms with van der Waals surface area (Å²) in [5.41, 5.74) is 1.91. The lowest BCUT2D eigenvalue weighted by Crippen LogP contribution is -2.31. The number of pyridine rings is 1. The van der Waals surface area contributed by atoms with Gasteiger partial charge < -0.3 is 19.4 Å². The number of hydrogen-bond donors (Lipinski definition) is 1. The minimum atomic E-state index is -0.0877. The quantitative estimate of drug-likeness (QED) is 0.422. The number of aromatic nitrogens is 1. The zero-order chi connectivity index (χ0) is 20.2. The first-order valence-electron chi connectivity index (χ1n) is 9.50. The standard InChI is InChI=1S/C22H22ClN3O2S/c1-27-14-4-13-26-21(20(25-22(26)29)17-5-2-3-12-24-17)19-11-10-18(28-19)15-6-8-16(23)9-7-15/h2-3,5-12,20-21H,4,13-14H2,1H3,(H,25,29)/t20-,21+/m1/s1. The Morgan fingerprint density at radius 3 is 2.72 bits per heavy atom. The lowest BCUT2D eigenvalue weighted by molar-refractivity contribution is 0.177. The van der Waals surface area contributed by atoms with E-state index in [0.717, 1.165) is 35.7 Å². The van der Waals surface area contributed by atoms with Crippen molar-refractivity contribution in [3.63, 3.8) is 0 Å². The Hall–Kier alpha value is -2.41. The number of rotatable bonds is 7. The van der Waals surface area contributed by atoms with Gasteiger partial charge in [0.25, 0.3) is 0 Å². The van der Waals surface area contributed by atoms with Crippen LogP contribution in [-0.2, 0) is 4.74 Å². The maximum absolute atomic E-state index is 6.29. The van der Waals surface area contributed by atoms with Crippen molar-refractivity contribution in [3.05, 3.63) is 77.3 Å². The Bertz CT molecular complexity index is 962. The number of furan rings is 1. The van der Waals surface area contributed by atoms with E-state index in [1.165, 1.54) is 0 Å². The third-order valence-electron chi connectivity index (χ3n) is 4.99. The van der Waals surface area contributed by atoms with E-state index in [1.807, 2.05) is 54.6 Å². The van der Waals surface area contributed by atoms with Crippen molar-refractivity contribution in [1.82, 2.24) is 15.2 Å². The van der Waals surface area contributed by atoms with Crippen molar-refractivity contribution in [3.8, 4) is 11.3 Å². The van der Waals surface area contributed by atoms with Crippen LogP contribution in [0.5, 0.6) is 0 Å². The molecule has 2 atom stereocenters. The SMILES string of the molecule is COCCCN1C(=S)N[C@H](c2ccccn2)[C@@H]1c1ccc(-c2ccc(Cl)cc2)o1. The van der Waals surface area contributed by atoms with Gasteiger partial charge >= 0.3 is 0 Å². The largest absolute Gasteiger partial charge is 0.459 e. The zero-order valence-corrected chi connectivity index (χ0v) is 17.6. The first-order chi connectivity index (χ1) is 14.2. The fourth-order valence-corrected chi connectivity index (χ4v) is 4.07. The minimum absolute atomic E-state index is 0.0875. The van der Waals surface area contributed by atoms with Crippen LogP contribution >= 0.6 is 23.8 Å². The van der Waals surface area contributed by atoms with Crippen molar-refractivity contribution in [2.75, 3.05) is 20.3 Å². The second-order valence-electron chi connectivity index (χ2n) is 6.88. The highest BCUT2D eigenvalue weighted by Crippen LogP contribution is 2.40. The number of thiocarbonyl (C=S) groups is 1. The highest BCUT2D eigenvalue weighted by Gasteiger charge is 2.41. The Morgan fingerprint density at radius 1 is 1.17 bits per heavy atom. The first-order valence-corrected chi connectivity index (χ1v) is 10.3. The van der Waals surface area contributed by atoms with Crippen molar-refractivity contribution in [2.24, 2.45) is 0 Å². The Balaban J connectivity index is 1.67. The number of nitrogens with zero attached hydrogens (tertiary/aromatic N) is 2. The van der Waals surface area contributed by atoms with Crippen LogP contribution in [0.4, 0.5) is 0 Å². The number of benzene rings is 1. The summed E-state index contributed by atoms with van der Waals surface area (Å²) in [6.07, 6.45) is 2.67. The number of halogens is 1. The molecule has 0 radical (unpaired) electrons. The van der Waals surface area contributed by atoms with Gasteiger partial charge in [0, 0.05) is 37.0 Å². The molecule has 1 aromatic carbocycles. The smallest absolute Gasteiger partial charge is 0.170 e. The summed E-state index contributed by atoms with van der Waals surface area (Å²) in [6.45, 7) is 1.44. The summed E-state index contributed by atoms with van der Waals surface area (Å²) in [7, 11) is 1.71. The highest BCUT2D eigenvalue weighted by atomic mass is 35.5. The van der Waals surface area contributed by atoms with Gasteiger partial charge in [-0.05, 0) is 67.2 Å². The average Bonchev–Trinajstić information content (AvgIpc) is 3.34. The Labute approximate surface area is 180 Å². The maximum Gasteiger partial charge on any atom is 0.170 e. The normalized spacial score (nSPS) is 18.8. The zero-order valence-electron chi connectivity index (χ0n) is 16.0. The molecular formula is C22H22ClN3O2S. The van der Waals surface area contributed by atoms with Gasteiger partial charge in [-0.15, -0.1) is 0 Å². The van der Waals surface area contributed by atoms with Gasteiger partial charge in [0.2, 0.25) is 0 Å². The van der Waals surface area contributed by atoms with Crippen LogP contribution in [0.25, 0.3) is 11.3 Å². The maximum atomic E-state index is 6.29. The van der Waals surface area contributed by atoms with Gasteiger partial charge in [0.1, 0.15) is 17.6 Å². The second-order valence-corrected chi connectivity index (χ2v) is 7.70. The molecule has 7 heteroatoms. The molecule has 0 spiro atoms. The predicted molar refractivity (Wildman–Crippen MR) is 118 cm³/mol. The van der Waals surface area contributed by atoms with E-state index in [1.54, 1.807) is 13.3 Å². The molecule has 1 aliphatic heterocycles. The van der Waals surface area contributed by atoms with E-state index < -0.39 is 0 Å². The van der Waals surface area contributed by atoms with Crippen LogP contribution in [0.1, 0.15) is 30.0 Å². The number of ether oxygens (including phenoxy) is 1. The highest BCUT2D eigenvalue weighted by molar-refractivity contribution is 7.80. The lowest BCUT2D eigenvalue weighted by Gasteiger charge is -2.25. The van der Waals surface area contributed by atoms with Crippen LogP contribution < -0.4 is 5.32 Å². The van der Waals surface area contributed by atoms with E-state index in [2.05, 4.69) is 15.2 Å². The molecule has 150 valence electrons. The first kappa shape index (κ1) is 19.9. The number of methoxy groups -OCH3 is 1. The summed E-state index contributed by atoms with van der Waals surface area (Å²) in [4.78, 5) is 6.71. The van der Waals surface area contributed by atoms with Gasteiger partial charge in [-0.2, -0.15) is 0 Å². The summed E-state index contributed by atoms with van der Waals surface area (Å²) in [5.74, 6) is 1.64. The van der Waals surface area contributed by atoms with E-state index in [4.69, 9.17) is 33.0 Å². The molecule has 5 nitrogen and oxygen atoms in total. The molecule has 1 N–H and O–H groups in total. The Kier molecular flexibility index (Phi) is 6.13. The monoisotopic (exact) mass is 427 g/mol. The van der Waals surface area contributed by atoms with Gasteiger partial charge in [0.15, 0.2) is 5.11 Å². The predicted octanol–water partition coefficient (Wildman–Crippen LogP) is 5.00. The van der Waals surface area contributed by atoms with Crippen molar-refractivity contribution in [2.45, 2.75) is 18.5 Å². The molecule has 1 aliphatic rings. The van der Waals surface area contributed by atoms with Crippen LogP contribution in [0.15, 0.2) is 65.2 Å². The van der Waals surface area contributed by atoms with E-state index in [9.17, 15) is 0 Å². The molecule has 0 amide bonds. The second kappa shape index (κ2) is 8.95. The Morgan fingerprint density at radius 2 is 2.00 bits per heavy atom. The van der Waals surface area contributed by atoms with Crippen molar-refractivity contribution >= 4 is 28.9 Å². The van der Waals surface area contributed by atoms with Crippen LogP contribution in [-0.4, -0.2) is 35.3 Å². The average molecular weight is 428 g/mol. The molecule has 0 bridgehead atoms. The van der Waals surface area contributed by atoms with E-state index in [0.29, 0.717) is 16.7 Å². The molecule has 0 unspecified atom stereocenters. The minimum Gasteiger partial charge on any atom is -0.459 e. The molecule has 3 aromatic rings. The van der Waals surface area contributed by atoms with Crippen molar-refractivity contribution in [1.29, 1.82) is 0 Å². The van der Waals surface area contributed by atoms with Gasteiger partial charge in [-0.3, -0.25) is 4.98 Å². The summed E-state index contributed by atoms with van der Waals surface area (Å²) < 4.78 is 11.5. The van der Waals surface area contributed by atoms with E-state index in [-0.39, 0.29) is 12.1 Å². The van der Waals surface area contributed by atoms with Crippen LogP contribution in [0, 0.1) is 0 Å². The van der Waals surface area contributed by atoms with Gasteiger partial charge in [-0.1, -0.05) is 17.7 Å². The summed E-state index contributed by atoms with van der Waals surface area (Å²) in [6, 6.07) is 17.4. The molecule has 3 heterocycles. The third kappa shape index (κ3) is 4.29. The van der Waals surface area contributed by atoms with Crippen LogP contribution in [0.2, 0.25) is 5.02 Å². The molecule has 29 heavy (non-hydrogen) atoms. The van der Waals surface area contributed by atoms with Gasteiger partial charge in [0.05, 0.1) is 11.7 Å². The fraction of sp³-hybridized carbons (Fsp3) is 0.273. The lowest BCUT2D eigenvalue weighted by atomic mass is 10.0. The molecule has 2 aromatic heterocycles. The molecule has 1 fully saturated rings. The summed E-state index contributed by atoms with van der Waals surface area (Å²) in [5, 5.41) is 4.83. The molecule has 0 saturated carbocycles. The topological polar surface area (TPSA) is 50.5 Å². The third-order valence-corrected chi connectivity index (χ3v) is 5.60. The molecule has 0 aliphatic carbocycles. The van der Waals surface area contributed by atoms with Gasteiger partial charge in [-0.25, -0.2) is 0 Å². The summed E-state index contributed by atoms with van der Waals surface area (Å²) >= 11 is 11.7. The molecule has 1 saturated heterocycles. The number of hydrogen-bond acceptors (Lipinski definition) is 4. The number of nitrogens with one attached hydrogen (secondary N) is 1. The van der Waals surface area contributed by atoms with Crippen LogP contribution in [0.3, 0.4) is 0 Å². The molecular weight excluding hydrogens is 406 g/mol. The van der Waals surface area contributed by atoms with E-state index >= 15 is 0 Å².